The topological polar surface area (TPSA) is 222 Å². The average molecular weight is 656 g/mol. The van der Waals surface area contributed by atoms with Crippen molar-refractivity contribution in [2.45, 2.75) is 66.0 Å². The van der Waals surface area contributed by atoms with E-state index in [2.05, 4.69) is 5.32 Å². The van der Waals surface area contributed by atoms with Crippen LogP contribution >= 0.6 is 0 Å². The van der Waals surface area contributed by atoms with Crippen LogP contribution in [0.25, 0.3) is 0 Å². The molecule has 1 aromatic rings. The van der Waals surface area contributed by atoms with Crippen LogP contribution < -0.4 is 5.32 Å². The number of aliphatic hydroxyl groups is 6. The van der Waals surface area contributed by atoms with Gasteiger partial charge in [-0.1, -0.05) is 45.1 Å². The van der Waals surface area contributed by atoms with Crippen molar-refractivity contribution in [3.05, 3.63) is 75.5 Å². The quantitative estimate of drug-likeness (QED) is 0.227. The van der Waals surface area contributed by atoms with Gasteiger partial charge in [-0.05, 0) is 38.0 Å². The minimum atomic E-state index is -1.44. The number of ketones is 3. The van der Waals surface area contributed by atoms with E-state index in [1.165, 1.54) is 71.9 Å². The molecule has 4 bridgehead atoms. The molecular weight excluding hydrogens is 610 g/mol. The summed E-state index contributed by atoms with van der Waals surface area (Å²) >= 11 is 0. The van der Waals surface area contributed by atoms with Gasteiger partial charge in [-0.3, -0.25) is 19.2 Å². The van der Waals surface area contributed by atoms with Crippen LogP contribution in [0.4, 0.5) is 0 Å². The van der Waals surface area contributed by atoms with E-state index in [4.69, 9.17) is 0 Å². The number of Topliss-reactive ketones (excluding diaryl/α,β-unsaturated/α-hetero) is 2. The summed E-state index contributed by atoms with van der Waals surface area (Å²) < 4.78 is 0. The van der Waals surface area contributed by atoms with Crippen LogP contribution in [0.5, 0.6) is 5.75 Å². The highest BCUT2D eigenvalue weighted by Crippen LogP contribution is 2.35. The van der Waals surface area contributed by atoms with E-state index < -0.39 is 102 Å². The number of hydrogen-bond acceptors (Lipinski definition) is 11. The number of phenols is 1. The minimum absolute atomic E-state index is 0.0808. The van der Waals surface area contributed by atoms with Gasteiger partial charge in [-0.2, -0.15) is 0 Å². The maximum absolute atomic E-state index is 13.8. The molecule has 0 saturated carbocycles. The Morgan fingerprint density at radius 3 is 1.81 bits per heavy atom. The first-order valence-corrected chi connectivity index (χ1v) is 15.5. The van der Waals surface area contributed by atoms with Gasteiger partial charge >= 0.3 is 0 Å². The zero-order chi connectivity index (χ0) is 35.5. The largest absolute Gasteiger partial charge is 0.507 e. The lowest BCUT2D eigenvalue weighted by molar-refractivity contribution is -0.116. The van der Waals surface area contributed by atoms with Crippen molar-refractivity contribution >= 4 is 23.3 Å². The van der Waals surface area contributed by atoms with Crippen LogP contribution in [-0.2, 0) is 4.79 Å². The zero-order valence-electron chi connectivity index (χ0n) is 27.3. The molecule has 0 aromatic heterocycles. The Bertz CT molecular complexity index is 1540. The van der Waals surface area contributed by atoms with Crippen LogP contribution in [0.3, 0.4) is 0 Å². The molecule has 0 spiro atoms. The lowest BCUT2D eigenvalue weighted by Gasteiger charge is -2.37. The number of nitrogens with one attached hydrogen (secondary N) is 1. The third-order valence-electron chi connectivity index (χ3n) is 9.39. The highest BCUT2D eigenvalue weighted by Gasteiger charge is 2.39. The number of phenolic OH excluding ortho intramolecular Hbond substituents is 1. The number of aromatic hydroxyl groups is 1. The van der Waals surface area contributed by atoms with Crippen molar-refractivity contribution in [1.82, 2.24) is 5.32 Å². The third kappa shape index (κ3) is 7.69. The van der Waals surface area contributed by atoms with Crippen LogP contribution in [0, 0.1) is 36.5 Å². The number of benzene rings is 1. The number of carbonyl (C=O) groups excluding carboxylic acids is 4. The Morgan fingerprint density at radius 2 is 1.26 bits per heavy atom. The van der Waals surface area contributed by atoms with Gasteiger partial charge in [0.2, 0.25) is 5.78 Å². The normalized spacial score (nSPS) is 31.7. The number of amides is 1. The number of aryl methyl sites for hydroxylation is 1. The second kappa shape index (κ2) is 15.4. The van der Waals surface area contributed by atoms with Crippen LogP contribution in [0.15, 0.2) is 53.3 Å². The van der Waals surface area contributed by atoms with Crippen LogP contribution in [0.2, 0.25) is 0 Å². The van der Waals surface area contributed by atoms with E-state index in [1.54, 1.807) is 0 Å². The van der Waals surface area contributed by atoms with Gasteiger partial charge in [0.1, 0.15) is 5.75 Å². The van der Waals surface area contributed by atoms with Crippen molar-refractivity contribution in [3.63, 3.8) is 0 Å². The molecule has 1 aromatic carbocycles. The lowest BCUT2D eigenvalue weighted by atomic mass is 9.76. The van der Waals surface area contributed by atoms with Crippen molar-refractivity contribution < 1.29 is 54.9 Å². The second-order valence-corrected chi connectivity index (χ2v) is 12.7. The Kier molecular flexibility index (Phi) is 12.4. The summed E-state index contributed by atoms with van der Waals surface area (Å²) in [5, 5.41) is 77.8. The first kappa shape index (κ1) is 37.7. The average Bonchev–Trinajstić information content (AvgIpc) is 3.05. The number of allylic oxidation sites excluding steroid dienone is 5. The van der Waals surface area contributed by atoms with Crippen LogP contribution in [-0.4, -0.2) is 96.6 Å². The first-order valence-electron chi connectivity index (χ1n) is 15.5. The summed E-state index contributed by atoms with van der Waals surface area (Å²) in [7, 11) is 0. The number of aliphatic hydroxyl groups excluding tert-OH is 6. The molecule has 0 fully saturated rings. The molecule has 1 aliphatic carbocycles. The summed E-state index contributed by atoms with van der Waals surface area (Å²) in [6.45, 7) is 7.61. The molecule has 2 aliphatic heterocycles. The van der Waals surface area contributed by atoms with Gasteiger partial charge in [0.05, 0.1) is 48.9 Å². The molecule has 12 heteroatoms. The molecule has 2 heterocycles. The van der Waals surface area contributed by atoms with Crippen LogP contribution in [0.1, 0.15) is 71.3 Å². The predicted molar refractivity (Wildman–Crippen MR) is 171 cm³/mol. The smallest absolute Gasteiger partial charge is 0.251 e. The van der Waals surface area contributed by atoms with E-state index in [0.717, 1.165) is 6.08 Å². The molecule has 0 saturated heterocycles. The van der Waals surface area contributed by atoms with Gasteiger partial charge in [-0.25, -0.2) is 0 Å². The molecule has 8 N–H and O–H groups in total. The monoisotopic (exact) mass is 655 g/mol. The SMILES string of the molecule is CC1=CC=CC(CO)C(O)C(C)C(O)C(C)C(O)C(C)C(O)C(CO)C=C(C)C(=O)c2c(O)c(C)cc3c2C(=O)C=C(NC1=O)C3=O. The van der Waals surface area contributed by atoms with E-state index in [1.807, 2.05) is 0 Å². The fourth-order valence-electron chi connectivity index (χ4n) is 6.09. The van der Waals surface area contributed by atoms with Crippen molar-refractivity contribution in [1.29, 1.82) is 0 Å². The molecule has 12 nitrogen and oxygen atoms in total. The van der Waals surface area contributed by atoms with E-state index in [0.29, 0.717) is 0 Å². The molecule has 3 aliphatic rings. The molecular formula is C35H45NO11. The van der Waals surface area contributed by atoms with Gasteiger partial charge in [0.25, 0.3) is 5.91 Å². The van der Waals surface area contributed by atoms with E-state index in [-0.39, 0.29) is 33.5 Å². The Morgan fingerprint density at radius 1 is 0.723 bits per heavy atom. The first-order chi connectivity index (χ1) is 22.0. The molecule has 0 radical (unpaired) electrons. The molecule has 47 heavy (non-hydrogen) atoms. The summed E-state index contributed by atoms with van der Waals surface area (Å²) in [4.78, 5) is 53.5. The maximum atomic E-state index is 13.8. The summed E-state index contributed by atoms with van der Waals surface area (Å²) in [5.74, 6) is -8.43. The minimum Gasteiger partial charge on any atom is -0.507 e. The van der Waals surface area contributed by atoms with Gasteiger partial charge < -0.3 is 41.1 Å². The Balaban J connectivity index is 2.20. The van der Waals surface area contributed by atoms with Crippen molar-refractivity contribution in [2.75, 3.05) is 13.2 Å². The molecule has 4 rings (SSSR count). The van der Waals surface area contributed by atoms with Gasteiger partial charge in [0, 0.05) is 52.4 Å². The van der Waals surface area contributed by atoms with Crippen molar-refractivity contribution in [2.24, 2.45) is 29.6 Å². The highest BCUT2D eigenvalue weighted by atomic mass is 16.3. The predicted octanol–water partition coefficient (Wildman–Crippen LogP) is 1.29. The summed E-state index contributed by atoms with van der Waals surface area (Å²) in [6, 6.07) is 1.24. The van der Waals surface area contributed by atoms with Gasteiger partial charge in [-0.15, -0.1) is 0 Å². The third-order valence-corrected chi connectivity index (χ3v) is 9.39. The molecule has 1 amide bonds. The fraction of sp³-hybridized carbons (Fsp3) is 0.486. The molecule has 256 valence electrons. The number of carbonyl (C=O) groups is 4. The fourth-order valence-corrected chi connectivity index (χ4v) is 6.09. The molecule has 9 unspecified atom stereocenters. The standard InChI is InChI=1S/C35H45NO11/c1-15-8-7-9-21(13-37)32(44)19(5)30(42)18(4)31(43)20(6)33(45)22(14-38)10-16(2)28(40)27-26-23(11-17(3)29(27)41)34(46)24(12-25(26)39)36-35(15)47/h7-12,18-22,30-33,37-38,41-45H,13-14H2,1-6H3,(H,36,47). The highest BCUT2D eigenvalue weighted by molar-refractivity contribution is 6.30. The van der Waals surface area contributed by atoms with E-state index in [9.17, 15) is 54.9 Å². The summed E-state index contributed by atoms with van der Waals surface area (Å²) in [6.07, 6.45) is 0.959. The number of fused-ring (bicyclic) bond motifs is 15. The number of hydrogen-bond donors (Lipinski definition) is 8. The van der Waals surface area contributed by atoms with E-state index >= 15 is 0 Å². The lowest BCUT2D eigenvalue weighted by Crippen LogP contribution is -2.46. The zero-order valence-corrected chi connectivity index (χ0v) is 27.3. The molecule has 9 atom stereocenters. The second-order valence-electron chi connectivity index (χ2n) is 12.7. The maximum Gasteiger partial charge on any atom is 0.251 e. The Hall–Kier alpha value is -3.78. The number of rotatable bonds is 2. The summed E-state index contributed by atoms with van der Waals surface area (Å²) in [5.41, 5.74) is -1.24. The van der Waals surface area contributed by atoms with Crippen molar-refractivity contribution in [3.8, 4) is 5.75 Å². The Labute approximate surface area is 273 Å². The van der Waals surface area contributed by atoms with Gasteiger partial charge in [0.15, 0.2) is 11.6 Å².